The molecule has 3 fully saturated rings. The highest BCUT2D eigenvalue weighted by molar-refractivity contribution is 5.95. The van der Waals surface area contributed by atoms with Crippen LogP contribution in [0.1, 0.15) is 25.3 Å². The first-order valence-electron chi connectivity index (χ1n) is 9.79. The van der Waals surface area contributed by atoms with E-state index in [4.69, 9.17) is 9.47 Å². The minimum atomic E-state index is -0.842. The molecular weight excluding hydrogens is 338 g/mol. The third-order valence-electron chi connectivity index (χ3n) is 6.75. The molecule has 0 aromatic heterocycles. The normalized spacial score (nSPS) is 37.1. The van der Waals surface area contributed by atoms with Gasteiger partial charge < -0.3 is 9.47 Å². The first-order valence-corrected chi connectivity index (χ1v) is 9.79. The first-order chi connectivity index (χ1) is 13.1. The average molecular weight is 363 g/mol. The highest BCUT2D eigenvalue weighted by Gasteiger charge is 2.69. The van der Waals surface area contributed by atoms with Gasteiger partial charge in [0.15, 0.2) is 5.60 Å². The van der Waals surface area contributed by atoms with Gasteiger partial charge in [-0.25, -0.2) is 0 Å². The van der Waals surface area contributed by atoms with Crippen molar-refractivity contribution in [2.75, 3.05) is 20.2 Å². The number of benzene rings is 1. The Morgan fingerprint density at radius 1 is 1.15 bits per heavy atom. The lowest BCUT2D eigenvalue weighted by atomic mass is 9.63. The predicted molar refractivity (Wildman–Crippen MR) is 104 cm³/mol. The molecule has 1 aliphatic carbocycles. The van der Waals surface area contributed by atoms with Crippen LogP contribution in [0.2, 0.25) is 0 Å². The van der Waals surface area contributed by atoms with Crippen molar-refractivity contribution in [1.29, 1.82) is 0 Å². The molecule has 4 nitrogen and oxygen atoms in total. The fraction of sp³-hybridized carbons (Fsp3) is 0.435. The van der Waals surface area contributed by atoms with Gasteiger partial charge in [0, 0.05) is 18.7 Å². The fourth-order valence-electron chi connectivity index (χ4n) is 5.42. The number of rotatable bonds is 2. The van der Waals surface area contributed by atoms with Crippen LogP contribution in [0.5, 0.6) is 5.75 Å². The van der Waals surface area contributed by atoms with Crippen LogP contribution in [-0.2, 0) is 14.9 Å². The third-order valence-corrected chi connectivity index (χ3v) is 6.75. The summed E-state index contributed by atoms with van der Waals surface area (Å²) in [6.45, 7) is 4.21. The van der Waals surface area contributed by atoms with E-state index in [9.17, 15) is 4.79 Å². The lowest BCUT2D eigenvalue weighted by Crippen LogP contribution is -2.72. The molecule has 4 heteroatoms. The third kappa shape index (κ3) is 2.16. The van der Waals surface area contributed by atoms with E-state index >= 15 is 0 Å². The smallest absolute Gasteiger partial charge is 0.325 e. The molecule has 0 saturated carbocycles. The lowest BCUT2D eigenvalue weighted by molar-refractivity contribution is -0.182. The van der Waals surface area contributed by atoms with Gasteiger partial charge in [-0.05, 0) is 36.5 Å². The Labute approximate surface area is 160 Å². The Hall–Kier alpha value is -2.33. The van der Waals surface area contributed by atoms with Crippen molar-refractivity contribution in [1.82, 2.24) is 4.90 Å². The summed E-state index contributed by atoms with van der Waals surface area (Å²) in [5.74, 6) is 1.34. The Morgan fingerprint density at radius 3 is 2.70 bits per heavy atom. The number of carbonyl (C=O) groups is 1. The maximum absolute atomic E-state index is 13.4. The molecule has 3 saturated heterocycles. The molecule has 1 unspecified atom stereocenters. The van der Waals surface area contributed by atoms with Gasteiger partial charge in [-0.1, -0.05) is 49.4 Å². The molecule has 140 valence electrons. The van der Waals surface area contributed by atoms with Crippen LogP contribution in [-0.4, -0.2) is 42.7 Å². The molecule has 0 amide bonds. The van der Waals surface area contributed by atoms with Gasteiger partial charge in [-0.2, -0.15) is 0 Å². The number of fused-ring (bicyclic) bond motifs is 4. The Bertz CT molecular complexity index is 868. The van der Waals surface area contributed by atoms with Gasteiger partial charge in [0.2, 0.25) is 0 Å². The molecule has 5 rings (SSSR count). The van der Waals surface area contributed by atoms with E-state index in [0.29, 0.717) is 12.0 Å². The van der Waals surface area contributed by atoms with Crippen LogP contribution in [0.25, 0.3) is 0 Å². The molecule has 0 bridgehead atoms. The number of esters is 1. The summed E-state index contributed by atoms with van der Waals surface area (Å²) in [5.41, 5.74) is 0.700. The lowest BCUT2D eigenvalue weighted by Gasteiger charge is -2.58. The second kappa shape index (κ2) is 5.83. The first kappa shape index (κ1) is 16.8. The summed E-state index contributed by atoms with van der Waals surface area (Å²) < 4.78 is 11.5. The molecule has 3 aliphatic heterocycles. The molecule has 1 aromatic rings. The van der Waals surface area contributed by atoms with Crippen LogP contribution >= 0.6 is 0 Å². The predicted octanol–water partition coefficient (Wildman–Crippen LogP) is 3.40. The van der Waals surface area contributed by atoms with Crippen molar-refractivity contribution in [3.63, 3.8) is 0 Å². The van der Waals surface area contributed by atoms with Crippen molar-refractivity contribution in [3.05, 3.63) is 65.8 Å². The number of methoxy groups -OCH3 is 1. The summed E-state index contributed by atoms with van der Waals surface area (Å²) >= 11 is 0. The molecule has 4 atom stereocenters. The van der Waals surface area contributed by atoms with Crippen LogP contribution in [0.3, 0.4) is 0 Å². The number of hydrogen-bond donors (Lipinski definition) is 0. The molecule has 4 aliphatic rings. The van der Waals surface area contributed by atoms with Crippen molar-refractivity contribution in [2.24, 2.45) is 5.92 Å². The van der Waals surface area contributed by atoms with Gasteiger partial charge in [-0.3, -0.25) is 9.69 Å². The minimum absolute atomic E-state index is 0.155. The van der Waals surface area contributed by atoms with E-state index in [0.717, 1.165) is 36.4 Å². The highest BCUT2D eigenvalue weighted by Crippen LogP contribution is 2.57. The fourth-order valence-corrected chi connectivity index (χ4v) is 5.42. The second-order valence-corrected chi connectivity index (χ2v) is 8.27. The van der Waals surface area contributed by atoms with Crippen molar-refractivity contribution in [3.8, 4) is 5.75 Å². The van der Waals surface area contributed by atoms with Gasteiger partial charge in [0.05, 0.1) is 13.2 Å². The number of hydrogen-bond acceptors (Lipinski definition) is 4. The average Bonchev–Trinajstić information content (AvgIpc) is 2.81. The Morgan fingerprint density at radius 2 is 1.96 bits per heavy atom. The van der Waals surface area contributed by atoms with Crippen LogP contribution in [0, 0.1) is 5.92 Å². The zero-order valence-electron chi connectivity index (χ0n) is 15.9. The zero-order chi connectivity index (χ0) is 18.6. The molecule has 0 N–H and O–H groups in total. The van der Waals surface area contributed by atoms with E-state index in [-0.39, 0.29) is 5.97 Å². The van der Waals surface area contributed by atoms with E-state index in [1.54, 1.807) is 7.11 Å². The maximum Gasteiger partial charge on any atom is 0.325 e. The van der Waals surface area contributed by atoms with Gasteiger partial charge in [0.25, 0.3) is 0 Å². The quantitative estimate of drug-likeness (QED) is 0.755. The minimum Gasteiger partial charge on any atom is -0.497 e. The Kier molecular flexibility index (Phi) is 3.63. The van der Waals surface area contributed by atoms with Crippen LogP contribution < -0.4 is 4.74 Å². The largest absolute Gasteiger partial charge is 0.497 e. The van der Waals surface area contributed by atoms with Gasteiger partial charge >= 0.3 is 5.97 Å². The van der Waals surface area contributed by atoms with Crippen molar-refractivity contribution < 1.29 is 14.3 Å². The number of nitrogens with zero attached hydrogens (tertiary/aromatic N) is 1. The summed E-state index contributed by atoms with van der Waals surface area (Å²) in [4.78, 5) is 15.9. The van der Waals surface area contributed by atoms with E-state index < -0.39 is 11.0 Å². The van der Waals surface area contributed by atoms with E-state index in [1.807, 2.05) is 48.6 Å². The monoisotopic (exact) mass is 363 g/mol. The molecule has 0 radical (unpaired) electrons. The molecule has 27 heavy (non-hydrogen) atoms. The number of allylic oxidation sites excluding steroid dienone is 4. The topological polar surface area (TPSA) is 38.8 Å². The Balaban J connectivity index is 1.61. The summed E-state index contributed by atoms with van der Waals surface area (Å²) in [7, 11) is 1.65. The molecule has 1 spiro atoms. The van der Waals surface area contributed by atoms with E-state index in [1.165, 1.54) is 6.42 Å². The van der Waals surface area contributed by atoms with Gasteiger partial charge in [0.1, 0.15) is 11.2 Å². The summed E-state index contributed by atoms with van der Waals surface area (Å²) in [6, 6.07) is 8.11. The maximum atomic E-state index is 13.4. The molecular formula is C23H25NO3. The number of carbonyl (C=O) groups excluding carboxylic acids is 1. The van der Waals surface area contributed by atoms with Crippen LogP contribution in [0.15, 0.2) is 60.2 Å². The second-order valence-electron chi connectivity index (χ2n) is 8.27. The van der Waals surface area contributed by atoms with Crippen molar-refractivity contribution in [2.45, 2.75) is 36.8 Å². The number of piperidine rings is 1. The molecule has 3 heterocycles. The summed E-state index contributed by atoms with van der Waals surface area (Å²) in [6.07, 6.45) is 12.4. The zero-order valence-corrected chi connectivity index (χ0v) is 15.9. The van der Waals surface area contributed by atoms with Gasteiger partial charge in [-0.15, -0.1) is 0 Å². The standard InChI is InChI=1S/C23H25NO3/c1-16-7-12-20-23(15-24(20)14-16)19-6-4-3-5-13-22(19,21(25)27-23)17-8-10-18(26-2)11-9-17/h3-6,8-11,13,16,20H,7,12,14-15H2,1-2H3/t16?,20-,22-,23+/m0/s1. The number of ether oxygens (including phenoxy) is 2. The van der Waals surface area contributed by atoms with Crippen LogP contribution in [0.4, 0.5) is 0 Å². The summed E-state index contributed by atoms with van der Waals surface area (Å²) in [5, 5.41) is 0. The highest BCUT2D eigenvalue weighted by atomic mass is 16.6. The van der Waals surface area contributed by atoms with E-state index in [2.05, 4.69) is 17.9 Å². The molecule has 1 aromatic carbocycles. The SMILES string of the molecule is COc1ccc([C@@]23C=CC=CC=C2[C@@]2(CN4CC(C)CC[C@H]42)OC3=O)cc1. The van der Waals surface area contributed by atoms with Crippen molar-refractivity contribution >= 4 is 5.97 Å².